The summed E-state index contributed by atoms with van der Waals surface area (Å²) in [6, 6.07) is -0.0901. The average Bonchev–Trinajstić information content (AvgIpc) is 2.91. The molecule has 2 aliphatic heterocycles. The molecule has 20 heavy (non-hydrogen) atoms. The van der Waals surface area contributed by atoms with Crippen LogP contribution in [0, 0.1) is 17.8 Å². The van der Waals surface area contributed by atoms with Gasteiger partial charge >= 0.3 is 12.0 Å². The molecule has 4 unspecified atom stereocenters. The summed E-state index contributed by atoms with van der Waals surface area (Å²) < 4.78 is 5.33. The lowest BCUT2D eigenvalue weighted by atomic mass is 9.90. The number of ether oxygens (including phenoxy) is 1. The van der Waals surface area contributed by atoms with Crippen molar-refractivity contribution in [2.75, 3.05) is 26.3 Å². The zero-order valence-electron chi connectivity index (χ0n) is 12.2. The van der Waals surface area contributed by atoms with E-state index < -0.39 is 11.9 Å². The predicted octanol–water partition coefficient (Wildman–Crippen LogP) is 1.16. The first kappa shape index (κ1) is 15.1. The summed E-state index contributed by atoms with van der Waals surface area (Å²) in [4.78, 5) is 25.0. The summed E-state index contributed by atoms with van der Waals surface area (Å²) in [5, 5.41) is 12.1. The number of carbonyl (C=O) groups excluding carboxylic acids is 1. The molecule has 0 aromatic heterocycles. The highest BCUT2D eigenvalue weighted by atomic mass is 16.5. The normalized spacial score (nSPS) is 31.9. The largest absolute Gasteiger partial charge is 0.481 e. The smallest absolute Gasteiger partial charge is 0.317 e. The SMILES string of the molecule is CC1CC(C(=O)O)CN(C(=O)NC(C)C2CCOC2)C1. The van der Waals surface area contributed by atoms with Crippen molar-refractivity contribution >= 4 is 12.0 Å². The number of nitrogens with zero attached hydrogens (tertiary/aromatic N) is 1. The van der Waals surface area contributed by atoms with Crippen LogP contribution < -0.4 is 5.32 Å². The minimum absolute atomic E-state index is 0.0607. The van der Waals surface area contributed by atoms with Crippen LogP contribution in [0.15, 0.2) is 0 Å². The van der Waals surface area contributed by atoms with E-state index in [2.05, 4.69) is 5.32 Å². The number of urea groups is 1. The molecule has 2 saturated heterocycles. The topological polar surface area (TPSA) is 78.9 Å². The van der Waals surface area contributed by atoms with E-state index in [1.807, 2.05) is 13.8 Å². The van der Waals surface area contributed by atoms with Crippen molar-refractivity contribution in [2.24, 2.45) is 17.8 Å². The molecule has 0 aliphatic carbocycles. The summed E-state index contributed by atoms with van der Waals surface area (Å²) in [6.07, 6.45) is 1.61. The van der Waals surface area contributed by atoms with E-state index in [0.717, 1.165) is 13.0 Å². The second kappa shape index (κ2) is 6.43. The zero-order chi connectivity index (χ0) is 14.7. The van der Waals surface area contributed by atoms with Crippen molar-refractivity contribution in [1.29, 1.82) is 0 Å². The molecule has 114 valence electrons. The van der Waals surface area contributed by atoms with Crippen molar-refractivity contribution in [3.05, 3.63) is 0 Å². The Morgan fingerprint density at radius 2 is 2.15 bits per heavy atom. The molecule has 0 radical (unpaired) electrons. The van der Waals surface area contributed by atoms with Crippen molar-refractivity contribution in [1.82, 2.24) is 10.2 Å². The van der Waals surface area contributed by atoms with E-state index in [9.17, 15) is 9.59 Å². The van der Waals surface area contributed by atoms with Gasteiger partial charge in [-0.3, -0.25) is 4.79 Å². The molecule has 0 bridgehead atoms. The Morgan fingerprint density at radius 3 is 2.75 bits per heavy atom. The lowest BCUT2D eigenvalue weighted by molar-refractivity contribution is -0.143. The molecule has 2 aliphatic rings. The minimum atomic E-state index is -0.813. The van der Waals surface area contributed by atoms with Crippen LogP contribution in [0.25, 0.3) is 0 Å². The summed E-state index contributed by atoms with van der Waals surface area (Å²) in [6.45, 7) is 6.36. The number of carboxylic acid groups (broad SMARTS) is 1. The molecule has 0 aromatic carbocycles. The fourth-order valence-electron chi connectivity index (χ4n) is 3.05. The first-order chi connectivity index (χ1) is 9.47. The fraction of sp³-hybridized carbons (Fsp3) is 0.857. The Kier molecular flexibility index (Phi) is 4.86. The molecule has 0 spiro atoms. The molecule has 6 nitrogen and oxygen atoms in total. The number of carbonyl (C=O) groups is 2. The Balaban J connectivity index is 1.88. The maximum absolute atomic E-state index is 12.3. The van der Waals surface area contributed by atoms with Gasteiger partial charge in [-0.2, -0.15) is 0 Å². The average molecular weight is 284 g/mol. The first-order valence-corrected chi connectivity index (χ1v) is 7.33. The Bertz CT molecular complexity index is 368. The van der Waals surface area contributed by atoms with Crippen molar-refractivity contribution < 1.29 is 19.4 Å². The third kappa shape index (κ3) is 3.62. The number of likely N-dealkylation sites (tertiary alicyclic amines) is 1. The van der Waals surface area contributed by atoms with Crippen molar-refractivity contribution in [3.63, 3.8) is 0 Å². The van der Waals surface area contributed by atoms with Crippen molar-refractivity contribution in [3.8, 4) is 0 Å². The van der Waals surface area contributed by atoms with E-state index in [1.54, 1.807) is 4.90 Å². The molecule has 0 saturated carbocycles. The van der Waals surface area contributed by atoms with Gasteiger partial charge in [0.1, 0.15) is 0 Å². The molecule has 0 aromatic rings. The maximum Gasteiger partial charge on any atom is 0.317 e. The van der Waals surface area contributed by atoms with Gasteiger partial charge in [-0.1, -0.05) is 6.92 Å². The van der Waals surface area contributed by atoms with Gasteiger partial charge in [0.25, 0.3) is 0 Å². The molecular formula is C14H24N2O4. The summed E-state index contributed by atoms with van der Waals surface area (Å²) in [5.41, 5.74) is 0. The summed E-state index contributed by atoms with van der Waals surface area (Å²) in [5.74, 6) is -0.682. The number of carboxylic acids is 1. The van der Waals surface area contributed by atoms with E-state index in [0.29, 0.717) is 32.0 Å². The van der Waals surface area contributed by atoms with Crippen LogP contribution in [0.2, 0.25) is 0 Å². The standard InChI is InChI=1S/C14H24N2O4/c1-9-5-12(13(17)18)7-16(6-9)14(19)15-10(2)11-3-4-20-8-11/h9-12H,3-8H2,1-2H3,(H,15,19)(H,17,18). The van der Waals surface area contributed by atoms with Crippen LogP contribution >= 0.6 is 0 Å². The van der Waals surface area contributed by atoms with Gasteiger partial charge in [-0.15, -0.1) is 0 Å². The van der Waals surface area contributed by atoms with Crippen LogP contribution in [0.1, 0.15) is 26.7 Å². The second-order valence-electron chi connectivity index (χ2n) is 6.14. The van der Waals surface area contributed by atoms with Crippen molar-refractivity contribution in [2.45, 2.75) is 32.7 Å². The van der Waals surface area contributed by atoms with E-state index in [4.69, 9.17) is 9.84 Å². The number of hydrogen-bond acceptors (Lipinski definition) is 3. The van der Waals surface area contributed by atoms with Gasteiger partial charge in [0.05, 0.1) is 12.5 Å². The van der Waals surface area contributed by atoms with E-state index in [1.165, 1.54) is 0 Å². The molecule has 2 N–H and O–H groups in total. The van der Waals surface area contributed by atoms with Crippen LogP contribution in [-0.4, -0.2) is 54.4 Å². The van der Waals surface area contributed by atoms with Crippen LogP contribution in [0.4, 0.5) is 4.79 Å². The van der Waals surface area contributed by atoms with Gasteiger partial charge in [0, 0.05) is 31.7 Å². The number of amides is 2. The van der Waals surface area contributed by atoms with Gasteiger partial charge in [0.15, 0.2) is 0 Å². The lowest BCUT2D eigenvalue weighted by Crippen LogP contribution is -2.52. The van der Waals surface area contributed by atoms with Crippen LogP contribution in [0.5, 0.6) is 0 Å². The molecule has 6 heteroatoms. The highest BCUT2D eigenvalue weighted by molar-refractivity contribution is 5.76. The maximum atomic E-state index is 12.3. The van der Waals surface area contributed by atoms with Gasteiger partial charge in [-0.25, -0.2) is 4.79 Å². The number of hydrogen-bond donors (Lipinski definition) is 2. The molecule has 2 rings (SSSR count). The van der Waals surface area contributed by atoms with Crippen LogP contribution in [0.3, 0.4) is 0 Å². The number of nitrogens with one attached hydrogen (secondary N) is 1. The van der Waals surface area contributed by atoms with Crippen LogP contribution in [-0.2, 0) is 9.53 Å². The molecular weight excluding hydrogens is 260 g/mol. The molecule has 4 atom stereocenters. The summed E-state index contributed by atoms with van der Waals surface area (Å²) in [7, 11) is 0. The third-order valence-electron chi connectivity index (χ3n) is 4.32. The highest BCUT2D eigenvalue weighted by Gasteiger charge is 2.33. The monoisotopic (exact) mass is 284 g/mol. The highest BCUT2D eigenvalue weighted by Crippen LogP contribution is 2.22. The lowest BCUT2D eigenvalue weighted by Gasteiger charge is -2.35. The quantitative estimate of drug-likeness (QED) is 0.815. The van der Waals surface area contributed by atoms with E-state index >= 15 is 0 Å². The van der Waals surface area contributed by atoms with Gasteiger partial charge in [-0.05, 0) is 25.7 Å². The number of piperidine rings is 1. The predicted molar refractivity (Wildman–Crippen MR) is 73.4 cm³/mol. The Hall–Kier alpha value is -1.30. The van der Waals surface area contributed by atoms with E-state index in [-0.39, 0.29) is 18.0 Å². The Labute approximate surface area is 119 Å². The van der Waals surface area contributed by atoms with Gasteiger partial charge < -0.3 is 20.1 Å². The second-order valence-corrected chi connectivity index (χ2v) is 6.14. The summed E-state index contributed by atoms with van der Waals surface area (Å²) >= 11 is 0. The number of rotatable bonds is 3. The fourth-order valence-corrected chi connectivity index (χ4v) is 3.05. The molecule has 2 heterocycles. The molecule has 2 fully saturated rings. The molecule has 2 amide bonds. The number of aliphatic carboxylic acids is 1. The first-order valence-electron chi connectivity index (χ1n) is 7.33. The Morgan fingerprint density at radius 1 is 1.40 bits per heavy atom. The minimum Gasteiger partial charge on any atom is -0.481 e. The zero-order valence-corrected chi connectivity index (χ0v) is 12.2. The van der Waals surface area contributed by atoms with Gasteiger partial charge in [0.2, 0.25) is 0 Å². The third-order valence-corrected chi connectivity index (χ3v) is 4.32.